The summed E-state index contributed by atoms with van der Waals surface area (Å²) in [5.41, 5.74) is -0.594. The lowest BCUT2D eigenvalue weighted by atomic mass is 10.1. The molecule has 0 atom stereocenters. The van der Waals surface area contributed by atoms with Gasteiger partial charge in [-0.2, -0.15) is 0 Å². The predicted molar refractivity (Wildman–Crippen MR) is 104 cm³/mol. The van der Waals surface area contributed by atoms with Crippen LogP contribution in [0.3, 0.4) is 0 Å². The largest absolute Gasteiger partial charge is 0.574 e. The van der Waals surface area contributed by atoms with Gasteiger partial charge in [-0.3, -0.25) is 0 Å². The number of carbonyl (C=O) groups excluding carboxylic acids is 3. The average molecular weight is 411 g/mol. The van der Waals surface area contributed by atoms with Gasteiger partial charge in [0.05, 0.1) is 11.5 Å². The first kappa shape index (κ1) is 22.5. The Bertz CT molecular complexity index is 765. The molecule has 0 unspecified atom stereocenters. The zero-order chi connectivity index (χ0) is 19.1. The highest BCUT2D eigenvalue weighted by molar-refractivity contribution is 6.15. The van der Waals surface area contributed by atoms with Crippen molar-refractivity contribution in [3.63, 3.8) is 0 Å². The highest BCUT2D eigenvalue weighted by atomic mass is 16.8. The minimum Gasteiger partial charge on any atom is -0.574 e. The first-order chi connectivity index (χ1) is 12.9. The Morgan fingerprint density at radius 3 is 1.69 bits per heavy atom. The third kappa shape index (κ3) is 4.16. The molecule has 8 heteroatoms. The first-order valence-corrected chi connectivity index (χ1v) is 9.11. The second-order valence-electron chi connectivity index (χ2n) is 7.15. The van der Waals surface area contributed by atoms with Gasteiger partial charge in [0.2, 0.25) is 0 Å². The van der Waals surface area contributed by atoms with Gasteiger partial charge in [-0.15, -0.1) is 0 Å². The minimum atomic E-state index is -1.14. The SMILES string of the molecule is C.C.O=C1OC2(CCCC2)OC(=O)C1=CC=CC1=C([O-])OC2(CCCC2)OC1=O.[HH].[HH]. The second kappa shape index (κ2) is 8.31. The molecule has 0 aromatic rings. The molecule has 0 aromatic carbocycles. The quantitative estimate of drug-likeness (QED) is 0.387. The molecule has 0 N–H and O–H groups in total. The van der Waals surface area contributed by atoms with Gasteiger partial charge < -0.3 is 24.1 Å². The molecule has 0 aromatic heterocycles. The zero-order valence-corrected chi connectivity index (χ0v) is 14.7. The fourth-order valence-corrected chi connectivity index (χ4v) is 3.85. The van der Waals surface area contributed by atoms with Gasteiger partial charge in [0.1, 0.15) is 5.57 Å². The van der Waals surface area contributed by atoms with Crippen LogP contribution in [-0.2, 0) is 33.3 Å². The van der Waals surface area contributed by atoms with Crippen molar-refractivity contribution in [2.45, 2.75) is 77.8 Å². The van der Waals surface area contributed by atoms with Crippen LogP contribution in [0, 0.1) is 0 Å². The molecular weight excluding hydrogens is 380 g/mol. The van der Waals surface area contributed by atoms with Crippen molar-refractivity contribution in [1.29, 1.82) is 0 Å². The van der Waals surface area contributed by atoms with E-state index in [1.165, 1.54) is 6.08 Å². The molecule has 0 bridgehead atoms. The van der Waals surface area contributed by atoms with Crippen molar-refractivity contribution in [3.05, 3.63) is 35.3 Å². The van der Waals surface area contributed by atoms with Crippen LogP contribution in [0.4, 0.5) is 0 Å². The molecule has 4 aliphatic rings. The Balaban J connectivity index is 0.00000225. The summed E-state index contributed by atoms with van der Waals surface area (Å²) >= 11 is 0. The van der Waals surface area contributed by atoms with E-state index in [0.29, 0.717) is 25.7 Å². The van der Waals surface area contributed by atoms with Gasteiger partial charge >= 0.3 is 17.9 Å². The molecule has 29 heavy (non-hydrogen) atoms. The van der Waals surface area contributed by atoms with Crippen LogP contribution in [0.1, 0.15) is 69.1 Å². The summed E-state index contributed by atoms with van der Waals surface area (Å²) in [7, 11) is 0. The van der Waals surface area contributed by atoms with Crippen LogP contribution in [0.5, 0.6) is 0 Å². The maximum Gasteiger partial charge on any atom is 0.348 e. The summed E-state index contributed by atoms with van der Waals surface area (Å²) in [4.78, 5) is 36.4. The Morgan fingerprint density at radius 1 is 0.759 bits per heavy atom. The highest BCUT2D eigenvalue weighted by Crippen LogP contribution is 2.40. The molecule has 2 aliphatic carbocycles. The molecule has 2 spiro atoms. The van der Waals surface area contributed by atoms with Crippen molar-refractivity contribution in [2.75, 3.05) is 0 Å². The highest BCUT2D eigenvalue weighted by Gasteiger charge is 2.47. The third-order valence-corrected chi connectivity index (χ3v) is 5.25. The number of esters is 3. The first-order valence-electron chi connectivity index (χ1n) is 9.11. The smallest absolute Gasteiger partial charge is 0.348 e. The van der Waals surface area contributed by atoms with Gasteiger partial charge in [-0.1, -0.05) is 20.9 Å². The van der Waals surface area contributed by atoms with Crippen LogP contribution in [-0.4, -0.2) is 29.5 Å². The monoisotopic (exact) mass is 411 g/mol. The third-order valence-electron chi connectivity index (χ3n) is 5.25. The van der Waals surface area contributed by atoms with E-state index in [1.807, 2.05) is 0 Å². The fraction of sp³-hybridized carbons (Fsp3) is 0.571. The van der Waals surface area contributed by atoms with Gasteiger partial charge in [-0.25, -0.2) is 14.4 Å². The fourth-order valence-electron chi connectivity index (χ4n) is 3.85. The summed E-state index contributed by atoms with van der Waals surface area (Å²) in [5.74, 6) is -5.39. The minimum absolute atomic E-state index is 0. The predicted octanol–water partition coefficient (Wildman–Crippen LogP) is 3.02. The Morgan fingerprint density at radius 2 is 1.21 bits per heavy atom. The summed E-state index contributed by atoms with van der Waals surface area (Å²) in [6.45, 7) is 0. The maximum absolute atomic E-state index is 12.1. The van der Waals surface area contributed by atoms with Gasteiger partial charge in [0.25, 0.3) is 5.79 Å². The van der Waals surface area contributed by atoms with Crippen LogP contribution >= 0.6 is 0 Å². The molecule has 1 saturated heterocycles. The van der Waals surface area contributed by atoms with E-state index >= 15 is 0 Å². The summed E-state index contributed by atoms with van der Waals surface area (Å²) in [6.07, 6.45) is 8.79. The van der Waals surface area contributed by atoms with E-state index in [1.54, 1.807) is 0 Å². The van der Waals surface area contributed by atoms with E-state index in [4.69, 9.17) is 18.9 Å². The molecule has 2 heterocycles. The summed E-state index contributed by atoms with van der Waals surface area (Å²) in [6, 6.07) is 0. The molecule has 0 amide bonds. The van der Waals surface area contributed by atoms with Crippen LogP contribution < -0.4 is 5.11 Å². The van der Waals surface area contributed by atoms with Crippen LogP contribution in [0.25, 0.3) is 0 Å². The molecule has 4 rings (SSSR count). The summed E-state index contributed by atoms with van der Waals surface area (Å²) in [5, 5.41) is 12.1. The Hall–Kier alpha value is -2.77. The Kier molecular flexibility index (Phi) is 6.45. The molecule has 0 radical (unpaired) electrons. The number of allylic oxidation sites excluding steroid dienone is 2. The van der Waals surface area contributed by atoms with Gasteiger partial charge in [0, 0.05) is 15.7 Å². The van der Waals surface area contributed by atoms with Crippen molar-refractivity contribution in [2.24, 2.45) is 0 Å². The lowest BCUT2D eigenvalue weighted by molar-refractivity contribution is -0.397. The normalized spacial score (nSPS) is 24.6. The summed E-state index contributed by atoms with van der Waals surface area (Å²) < 4.78 is 21.2. The van der Waals surface area contributed by atoms with E-state index in [0.717, 1.165) is 37.8 Å². The topological polar surface area (TPSA) is 111 Å². The van der Waals surface area contributed by atoms with Crippen molar-refractivity contribution in [1.82, 2.24) is 0 Å². The number of ether oxygens (including phenoxy) is 4. The van der Waals surface area contributed by atoms with E-state index in [-0.39, 0.29) is 28.9 Å². The lowest BCUT2D eigenvalue weighted by Crippen LogP contribution is -2.44. The number of hydrogen-bond acceptors (Lipinski definition) is 8. The van der Waals surface area contributed by atoms with E-state index in [9.17, 15) is 19.5 Å². The lowest BCUT2D eigenvalue weighted by Gasteiger charge is -2.41. The van der Waals surface area contributed by atoms with Gasteiger partial charge in [0.15, 0.2) is 5.79 Å². The van der Waals surface area contributed by atoms with Crippen molar-refractivity contribution < 1.29 is 41.3 Å². The maximum atomic E-state index is 12.1. The second-order valence-corrected chi connectivity index (χ2v) is 7.15. The van der Waals surface area contributed by atoms with Crippen molar-refractivity contribution in [3.8, 4) is 0 Å². The molecule has 8 nitrogen and oxygen atoms in total. The number of hydrogen-bond donors (Lipinski definition) is 0. The molecule has 2 aliphatic heterocycles. The standard InChI is InChI=1S/C19H20O8.2CH4.2H2/c20-14-12(15(21)25-18(24-14)8-1-2-9-18)6-5-7-13-16(22)26-19(27-17(13)23)10-3-4-11-19;;;;/h5-7,20H,1-4,8-11H2;2*1H4;2*1H/p-1. The van der Waals surface area contributed by atoms with E-state index in [2.05, 4.69) is 0 Å². The number of rotatable bonds is 2. The number of carbonyl (C=O) groups is 3. The van der Waals surface area contributed by atoms with Crippen molar-refractivity contribution >= 4 is 17.9 Å². The van der Waals surface area contributed by atoms with Crippen LogP contribution in [0.2, 0.25) is 0 Å². The molecule has 2 saturated carbocycles. The van der Waals surface area contributed by atoms with Gasteiger partial charge in [-0.05, 0) is 50.7 Å². The van der Waals surface area contributed by atoms with Crippen LogP contribution in [0.15, 0.2) is 35.3 Å². The molecular formula is C21H31O8-. The molecule has 3 fully saturated rings. The Labute approximate surface area is 173 Å². The zero-order valence-electron chi connectivity index (χ0n) is 14.7. The molecule has 164 valence electrons. The average Bonchev–Trinajstić information content (AvgIpc) is 3.22. The van der Waals surface area contributed by atoms with E-state index < -0.39 is 35.4 Å².